The van der Waals surface area contributed by atoms with Crippen LogP contribution in [0.1, 0.15) is 16.8 Å². The summed E-state index contributed by atoms with van der Waals surface area (Å²) < 4.78 is 29.3. The monoisotopic (exact) mass is 423 g/mol. The lowest BCUT2D eigenvalue weighted by Crippen LogP contribution is -2.43. The van der Waals surface area contributed by atoms with Gasteiger partial charge in [0, 0.05) is 23.3 Å². The number of hydrogen-bond acceptors (Lipinski definition) is 4. The van der Waals surface area contributed by atoms with E-state index in [1.165, 1.54) is 0 Å². The quantitative estimate of drug-likeness (QED) is 0.675. The van der Waals surface area contributed by atoms with Gasteiger partial charge < -0.3 is 9.64 Å². The summed E-state index contributed by atoms with van der Waals surface area (Å²) in [7, 11) is -1.46. The van der Waals surface area contributed by atoms with Crippen LogP contribution in [-0.4, -0.2) is 57.0 Å². The Bertz CT molecular complexity index is 617. The highest BCUT2D eigenvalue weighted by atomic mass is 127. The zero-order chi connectivity index (χ0) is 15.5. The average molecular weight is 423 g/mol. The summed E-state index contributed by atoms with van der Waals surface area (Å²) in [6.07, 6.45) is 0.501. The zero-order valence-electron chi connectivity index (χ0n) is 11.8. The number of benzene rings is 1. The number of ether oxygens (including phenoxy) is 1. The molecule has 2 rings (SSSR count). The number of rotatable bonds is 5. The van der Waals surface area contributed by atoms with E-state index in [0.717, 1.165) is 3.57 Å². The molecule has 0 bridgehead atoms. The fourth-order valence-electron chi connectivity index (χ4n) is 2.45. The molecule has 1 atom stereocenters. The Balaban J connectivity index is 2.24. The number of hydrogen-bond donors (Lipinski definition) is 0. The SMILES string of the molecule is COCCN(C(=O)c1ccccc1I)C1CCS(=O)(=O)C1. The topological polar surface area (TPSA) is 63.7 Å². The van der Waals surface area contributed by atoms with Gasteiger partial charge in [0.15, 0.2) is 9.84 Å². The molecule has 1 aromatic carbocycles. The summed E-state index contributed by atoms with van der Waals surface area (Å²) in [5, 5.41) is 0. The Kier molecular flexibility index (Phi) is 5.61. The number of carbonyl (C=O) groups is 1. The van der Waals surface area contributed by atoms with Gasteiger partial charge in [-0.2, -0.15) is 0 Å². The van der Waals surface area contributed by atoms with Crippen LogP contribution in [0.5, 0.6) is 0 Å². The van der Waals surface area contributed by atoms with Crippen molar-refractivity contribution in [2.75, 3.05) is 31.8 Å². The van der Waals surface area contributed by atoms with Gasteiger partial charge in [-0.05, 0) is 41.1 Å². The molecule has 7 heteroatoms. The van der Waals surface area contributed by atoms with Gasteiger partial charge in [0.1, 0.15) is 0 Å². The van der Waals surface area contributed by atoms with Crippen LogP contribution < -0.4 is 0 Å². The number of amides is 1. The van der Waals surface area contributed by atoms with Gasteiger partial charge in [0.2, 0.25) is 0 Å². The smallest absolute Gasteiger partial charge is 0.255 e. The first-order chi connectivity index (χ1) is 9.94. The minimum atomic E-state index is -3.03. The molecule has 116 valence electrons. The van der Waals surface area contributed by atoms with Gasteiger partial charge in [-0.15, -0.1) is 0 Å². The van der Waals surface area contributed by atoms with E-state index >= 15 is 0 Å². The van der Waals surface area contributed by atoms with E-state index < -0.39 is 9.84 Å². The van der Waals surface area contributed by atoms with Crippen LogP contribution in [0.25, 0.3) is 0 Å². The van der Waals surface area contributed by atoms with Crippen molar-refractivity contribution in [1.82, 2.24) is 4.90 Å². The Morgan fingerprint density at radius 3 is 2.71 bits per heavy atom. The minimum absolute atomic E-state index is 0.0475. The van der Waals surface area contributed by atoms with Gasteiger partial charge >= 0.3 is 0 Å². The third-order valence-corrected chi connectivity index (χ3v) is 6.24. The standard InChI is InChI=1S/C14H18INO4S/c1-20-8-7-16(11-6-9-21(18,19)10-11)14(17)12-4-2-3-5-13(12)15/h2-5,11H,6-10H2,1H3. The van der Waals surface area contributed by atoms with Crippen LogP contribution in [0.3, 0.4) is 0 Å². The van der Waals surface area contributed by atoms with E-state index in [2.05, 4.69) is 22.6 Å². The normalized spacial score (nSPS) is 20.4. The molecule has 0 radical (unpaired) electrons. The third kappa shape index (κ3) is 4.17. The van der Waals surface area contributed by atoms with Crippen LogP contribution in [0.4, 0.5) is 0 Å². The lowest BCUT2D eigenvalue weighted by atomic mass is 10.1. The lowest BCUT2D eigenvalue weighted by molar-refractivity contribution is 0.0623. The van der Waals surface area contributed by atoms with Crippen LogP contribution in [0.2, 0.25) is 0 Å². The number of sulfone groups is 1. The zero-order valence-corrected chi connectivity index (χ0v) is 14.8. The molecule has 1 aromatic rings. The molecule has 1 fully saturated rings. The molecule has 0 spiro atoms. The lowest BCUT2D eigenvalue weighted by Gasteiger charge is -2.28. The first-order valence-corrected chi connectivity index (χ1v) is 9.59. The van der Waals surface area contributed by atoms with E-state index in [1.807, 2.05) is 18.2 Å². The maximum atomic E-state index is 12.7. The van der Waals surface area contributed by atoms with Gasteiger partial charge in [0.25, 0.3) is 5.91 Å². The number of methoxy groups -OCH3 is 1. The van der Waals surface area contributed by atoms with E-state index in [9.17, 15) is 13.2 Å². The van der Waals surface area contributed by atoms with Crippen LogP contribution in [-0.2, 0) is 14.6 Å². The Labute approximate surface area is 138 Å². The molecule has 0 saturated carbocycles. The van der Waals surface area contributed by atoms with Crippen molar-refractivity contribution in [3.63, 3.8) is 0 Å². The fourth-order valence-corrected chi connectivity index (χ4v) is 4.80. The molecule has 1 saturated heterocycles. The summed E-state index contributed by atoms with van der Waals surface area (Å²) in [5.74, 6) is 0.0748. The van der Waals surface area contributed by atoms with Crippen molar-refractivity contribution in [2.24, 2.45) is 0 Å². The van der Waals surface area contributed by atoms with Crippen LogP contribution >= 0.6 is 22.6 Å². The maximum absolute atomic E-state index is 12.7. The molecule has 1 heterocycles. The Hall–Kier alpha value is -0.670. The molecule has 1 aliphatic heterocycles. The summed E-state index contributed by atoms with van der Waals surface area (Å²) in [4.78, 5) is 14.4. The van der Waals surface area contributed by atoms with Crippen LogP contribution in [0, 0.1) is 3.57 Å². The highest BCUT2D eigenvalue weighted by Crippen LogP contribution is 2.21. The van der Waals surface area contributed by atoms with E-state index in [1.54, 1.807) is 18.1 Å². The van der Waals surface area contributed by atoms with E-state index in [-0.39, 0.29) is 23.5 Å². The number of nitrogens with zero attached hydrogens (tertiary/aromatic N) is 1. The highest BCUT2D eigenvalue weighted by Gasteiger charge is 2.35. The van der Waals surface area contributed by atoms with E-state index in [0.29, 0.717) is 25.1 Å². The number of carbonyl (C=O) groups excluding carboxylic acids is 1. The van der Waals surface area contributed by atoms with Gasteiger partial charge in [0.05, 0.1) is 23.7 Å². The first kappa shape index (κ1) is 16.7. The molecule has 1 amide bonds. The van der Waals surface area contributed by atoms with Crippen LogP contribution in [0.15, 0.2) is 24.3 Å². The molecule has 1 aliphatic rings. The van der Waals surface area contributed by atoms with Gasteiger partial charge in [-0.3, -0.25) is 4.79 Å². The predicted octanol–water partition coefficient (Wildman–Crippen LogP) is 1.57. The summed E-state index contributed by atoms with van der Waals surface area (Å²) in [6, 6.07) is 7.07. The minimum Gasteiger partial charge on any atom is -0.383 e. The average Bonchev–Trinajstić information content (AvgIpc) is 2.79. The van der Waals surface area contributed by atoms with E-state index in [4.69, 9.17) is 4.74 Å². The van der Waals surface area contributed by atoms with Crippen molar-refractivity contribution in [1.29, 1.82) is 0 Å². The van der Waals surface area contributed by atoms with Crippen molar-refractivity contribution in [2.45, 2.75) is 12.5 Å². The fraction of sp³-hybridized carbons (Fsp3) is 0.500. The molecule has 5 nitrogen and oxygen atoms in total. The first-order valence-electron chi connectivity index (χ1n) is 6.69. The maximum Gasteiger partial charge on any atom is 0.255 e. The molecule has 0 aliphatic carbocycles. The predicted molar refractivity (Wildman–Crippen MR) is 89.1 cm³/mol. The molecule has 0 N–H and O–H groups in total. The number of halogens is 1. The van der Waals surface area contributed by atoms with Crippen molar-refractivity contribution in [3.05, 3.63) is 33.4 Å². The summed E-state index contributed by atoms with van der Waals surface area (Å²) >= 11 is 2.12. The van der Waals surface area contributed by atoms with Crippen molar-refractivity contribution < 1.29 is 17.9 Å². The summed E-state index contributed by atoms with van der Waals surface area (Å²) in [6.45, 7) is 0.798. The van der Waals surface area contributed by atoms with Gasteiger partial charge in [-0.1, -0.05) is 12.1 Å². The summed E-state index contributed by atoms with van der Waals surface area (Å²) in [5.41, 5.74) is 0.610. The molecule has 1 unspecified atom stereocenters. The Morgan fingerprint density at radius 2 is 2.14 bits per heavy atom. The largest absolute Gasteiger partial charge is 0.383 e. The molecule has 21 heavy (non-hydrogen) atoms. The van der Waals surface area contributed by atoms with Crippen molar-refractivity contribution in [3.8, 4) is 0 Å². The van der Waals surface area contributed by atoms with Crippen molar-refractivity contribution >= 4 is 38.3 Å². The van der Waals surface area contributed by atoms with Gasteiger partial charge in [-0.25, -0.2) is 8.42 Å². The second-order valence-corrected chi connectivity index (χ2v) is 8.42. The molecular formula is C14H18INO4S. The second-order valence-electron chi connectivity index (χ2n) is 5.03. The molecular weight excluding hydrogens is 405 g/mol. The second kappa shape index (κ2) is 7.06. The molecule has 0 aromatic heterocycles. The Morgan fingerprint density at radius 1 is 1.43 bits per heavy atom. The third-order valence-electron chi connectivity index (χ3n) is 3.55. The highest BCUT2D eigenvalue weighted by molar-refractivity contribution is 14.1.